The highest BCUT2D eigenvalue weighted by Gasteiger charge is 2.21. The van der Waals surface area contributed by atoms with E-state index in [-0.39, 0.29) is 11.3 Å². The van der Waals surface area contributed by atoms with E-state index < -0.39 is 27.1 Å². The maximum absolute atomic E-state index is 12.6. The lowest BCUT2D eigenvalue weighted by Crippen LogP contribution is -2.14. The van der Waals surface area contributed by atoms with Gasteiger partial charge in [0.15, 0.2) is 0 Å². The van der Waals surface area contributed by atoms with Crippen LogP contribution in [0.2, 0.25) is 5.02 Å². The van der Waals surface area contributed by atoms with Crippen molar-refractivity contribution in [3.63, 3.8) is 0 Å². The minimum atomic E-state index is -0.815. The quantitative estimate of drug-likeness (QED) is 0.522. The van der Waals surface area contributed by atoms with Gasteiger partial charge in [-0.15, -0.1) is 0 Å². The van der Waals surface area contributed by atoms with Gasteiger partial charge < -0.3 is 5.32 Å². The summed E-state index contributed by atoms with van der Waals surface area (Å²) in [5.74, 6) is -0.787. The van der Waals surface area contributed by atoms with Gasteiger partial charge in [0.05, 0.1) is 32.9 Å². The number of carbonyl (C=O) groups is 1. The number of hydrogen-bond acceptors (Lipinski definition) is 7. The summed E-state index contributed by atoms with van der Waals surface area (Å²) in [4.78, 5) is 36.7. The van der Waals surface area contributed by atoms with Gasteiger partial charge >= 0.3 is 0 Å². The summed E-state index contributed by atoms with van der Waals surface area (Å²) >= 11 is 5.97. The number of amides is 1. The van der Waals surface area contributed by atoms with Crippen molar-refractivity contribution in [1.29, 1.82) is 0 Å². The molecule has 1 aromatic heterocycles. The molecule has 0 bridgehead atoms. The van der Waals surface area contributed by atoms with Crippen LogP contribution in [0.3, 0.4) is 0 Å². The molecule has 2 aromatic carbocycles. The molecule has 11 nitrogen and oxygen atoms in total. The number of aromatic nitrogens is 3. The minimum absolute atomic E-state index is 0.243. The third-order valence-electron chi connectivity index (χ3n) is 3.46. The molecule has 1 N–H and O–H groups in total. The van der Waals surface area contributed by atoms with E-state index in [4.69, 9.17) is 11.6 Å². The molecule has 0 aliphatic carbocycles. The average Bonchev–Trinajstić information content (AvgIpc) is 3.15. The highest BCUT2D eigenvalue weighted by Crippen LogP contribution is 2.27. The van der Waals surface area contributed by atoms with Crippen LogP contribution in [0, 0.1) is 20.2 Å². The number of benzene rings is 2. The van der Waals surface area contributed by atoms with Gasteiger partial charge in [-0.25, -0.2) is 9.67 Å². The predicted octanol–water partition coefficient (Wildman–Crippen LogP) is 2.99. The summed E-state index contributed by atoms with van der Waals surface area (Å²) in [5, 5.41) is 28.8. The molecular formula is C15H9ClN6O5. The van der Waals surface area contributed by atoms with E-state index in [1.807, 2.05) is 0 Å². The first-order valence-electron chi connectivity index (χ1n) is 7.25. The molecule has 0 atom stereocenters. The highest BCUT2D eigenvalue weighted by atomic mass is 35.5. The molecule has 1 amide bonds. The van der Waals surface area contributed by atoms with Crippen molar-refractivity contribution < 1.29 is 14.6 Å². The van der Waals surface area contributed by atoms with Gasteiger partial charge in [-0.3, -0.25) is 25.0 Å². The van der Waals surface area contributed by atoms with Crippen LogP contribution in [0.4, 0.5) is 17.1 Å². The number of rotatable bonds is 5. The van der Waals surface area contributed by atoms with Crippen LogP contribution in [0.5, 0.6) is 0 Å². The number of nitrogens with zero attached hydrogens (tertiary/aromatic N) is 5. The first-order chi connectivity index (χ1) is 12.8. The molecular weight excluding hydrogens is 380 g/mol. The zero-order chi connectivity index (χ0) is 19.6. The number of nitrogens with one attached hydrogen (secondary N) is 1. The minimum Gasteiger partial charge on any atom is -0.320 e. The second-order valence-electron chi connectivity index (χ2n) is 5.21. The van der Waals surface area contributed by atoms with Crippen molar-refractivity contribution in [2.45, 2.75) is 0 Å². The lowest BCUT2D eigenvalue weighted by atomic mass is 10.1. The highest BCUT2D eigenvalue weighted by molar-refractivity contribution is 6.31. The summed E-state index contributed by atoms with van der Waals surface area (Å²) in [5.41, 5.74) is -0.716. The van der Waals surface area contributed by atoms with Crippen LogP contribution < -0.4 is 5.32 Å². The number of anilines is 1. The standard InChI is InChI=1S/C15H9ClN6O5/c16-10-1-2-14(20-8-17-7-18-20)13(5-10)19-15(23)9-3-11(21(24)25)6-12(4-9)22(26)27/h1-8H,(H,19,23). The smallest absolute Gasteiger partial charge is 0.277 e. The van der Waals surface area contributed by atoms with Gasteiger partial charge in [0.1, 0.15) is 12.7 Å². The monoisotopic (exact) mass is 388 g/mol. The fourth-order valence-electron chi connectivity index (χ4n) is 2.27. The maximum atomic E-state index is 12.6. The molecule has 136 valence electrons. The summed E-state index contributed by atoms with van der Waals surface area (Å²) in [7, 11) is 0. The molecule has 0 radical (unpaired) electrons. The van der Waals surface area contributed by atoms with Crippen molar-refractivity contribution in [3.05, 3.63) is 79.9 Å². The molecule has 3 aromatic rings. The van der Waals surface area contributed by atoms with Crippen molar-refractivity contribution in [2.75, 3.05) is 5.32 Å². The van der Waals surface area contributed by atoms with E-state index in [0.717, 1.165) is 18.2 Å². The van der Waals surface area contributed by atoms with Crippen LogP contribution in [0.15, 0.2) is 49.1 Å². The van der Waals surface area contributed by atoms with Crippen LogP contribution in [-0.4, -0.2) is 30.5 Å². The lowest BCUT2D eigenvalue weighted by Gasteiger charge is -2.11. The Morgan fingerprint density at radius 3 is 2.30 bits per heavy atom. The van der Waals surface area contributed by atoms with E-state index in [2.05, 4.69) is 15.4 Å². The average molecular weight is 389 g/mol. The molecule has 1 heterocycles. The fraction of sp³-hybridized carbons (Fsp3) is 0. The Hall–Kier alpha value is -3.86. The van der Waals surface area contributed by atoms with Crippen LogP contribution in [-0.2, 0) is 0 Å². The van der Waals surface area contributed by atoms with E-state index >= 15 is 0 Å². The number of nitro groups is 2. The second-order valence-corrected chi connectivity index (χ2v) is 5.64. The largest absolute Gasteiger partial charge is 0.320 e. The van der Waals surface area contributed by atoms with E-state index in [0.29, 0.717) is 10.7 Å². The molecule has 0 unspecified atom stereocenters. The van der Waals surface area contributed by atoms with Crippen molar-refractivity contribution in [1.82, 2.24) is 14.8 Å². The molecule has 3 rings (SSSR count). The number of hydrogen-bond donors (Lipinski definition) is 1. The van der Waals surface area contributed by atoms with Gasteiger partial charge in [-0.1, -0.05) is 11.6 Å². The number of nitro benzene ring substituents is 2. The molecule has 0 aliphatic heterocycles. The van der Waals surface area contributed by atoms with E-state index in [9.17, 15) is 25.0 Å². The predicted molar refractivity (Wildman–Crippen MR) is 94.1 cm³/mol. The molecule has 0 fully saturated rings. The number of carbonyl (C=O) groups excluding carboxylic acids is 1. The first kappa shape index (κ1) is 17.9. The molecule has 12 heteroatoms. The summed E-state index contributed by atoms with van der Waals surface area (Å²) in [6.07, 6.45) is 2.70. The third kappa shape index (κ3) is 3.88. The van der Waals surface area contributed by atoms with Gasteiger partial charge in [0.2, 0.25) is 0 Å². The zero-order valence-electron chi connectivity index (χ0n) is 13.3. The zero-order valence-corrected chi connectivity index (χ0v) is 14.0. The van der Waals surface area contributed by atoms with Crippen molar-refractivity contribution >= 4 is 34.6 Å². The lowest BCUT2D eigenvalue weighted by molar-refractivity contribution is -0.394. The molecule has 0 saturated heterocycles. The number of non-ortho nitro benzene ring substituents is 2. The van der Waals surface area contributed by atoms with Crippen LogP contribution in [0.25, 0.3) is 5.69 Å². The number of halogens is 1. The van der Waals surface area contributed by atoms with E-state index in [1.165, 1.54) is 23.4 Å². The first-order valence-corrected chi connectivity index (χ1v) is 7.63. The van der Waals surface area contributed by atoms with Crippen LogP contribution >= 0.6 is 11.6 Å². The van der Waals surface area contributed by atoms with Crippen LogP contribution in [0.1, 0.15) is 10.4 Å². The molecule has 0 aliphatic rings. The Morgan fingerprint density at radius 2 is 1.74 bits per heavy atom. The summed E-state index contributed by atoms with van der Waals surface area (Å²) < 4.78 is 1.38. The van der Waals surface area contributed by atoms with E-state index in [1.54, 1.807) is 12.1 Å². The van der Waals surface area contributed by atoms with Crippen molar-refractivity contribution in [3.8, 4) is 5.69 Å². The fourth-order valence-corrected chi connectivity index (χ4v) is 2.44. The summed E-state index contributed by atoms with van der Waals surface area (Å²) in [6, 6.07) is 7.28. The Labute approximate surface area is 155 Å². The van der Waals surface area contributed by atoms with Gasteiger partial charge in [0, 0.05) is 17.2 Å². The molecule has 27 heavy (non-hydrogen) atoms. The Bertz CT molecular complexity index is 1020. The van der Waals surface area contributed by atoms with Gasteiger partial charge in [-0.05, 0) is 18.2 Å². The van der Waals surface area contributed by atoms with Gasteiger partial charge in [-0.2, -0.15) is 5.10 Å². The molecule has 0 saturated carbocycles. The van der Waals surface area contributed by atoms with Crippen molar-refractivity contribution in [2.24, 2.45) is 0 Å². The second kappa shape index (κ2) is 7.17. The molecule has 0 spiro atoms. The topological polar surface area (TPSA) is 146 Å². The Kier molecular flexibility index (Phi) is 4.77. The normalized spacial score (nSPS) is 10.4. The summed E-state index contributed by atoms with van der Waals surface area (Å²) in [6.45, 7) is 0. The Balaban J connectivity index is 2.00. The maximum Gasteiger partial charge on any atom is 0.277 e. The third-order valence-corrected chi connectivity index (χ3v) is 3.69. The SMILES string of the molecule is O=C(Nc1cc(Cl)ccc1-n1cncn1)c1cc([N+](=O)[O-])cc([N+](=O)[O-])c1. The Morgan fingerprint density at radius 1 is 1.07 bits per heavy atom. The van der Waals surface area contributed by atoms with Gasteiger partial charge in [0.25, 0.3) is 17.3 Å².